The van der Waals surface area contributed by atoms with E-state index in [2.05, 4.69) is 20.6 Å². The van der Waals surface area contributed by atoms with E-state index < -0.39 is 0 Å². The molecule has 0 aliphatic rings. The molecule has 0 saturated carbocycles. The average molecular weight is 378 g/mol. The maximum atomic E-state index is 12.3. The van der Waals surface area contributed by atoms with Gasteiger partial charge >= 0.3 is 0 Å². The van der Waals surface area contributed by atoms with Crippen molar-refractivity contribution in [2.24, 2.45) is 0 Å². The molecule has 3 aromatic rings. The van der Waals surface area contributed by atoms with Crippen LogP contribution in [-0.2, 0) is 0 Å². The van der Waals surface area contributed by atoms with E-state index in [9.17, 15) is 4.79 Å². The molecule has 28 heavy (non-hydrogen) atoms. The Morgan fingerprint density at radius 2 is 1.32 bits per heavy atom. The normalized spacial score (nSPS) is 10.2. The average Bonchev–Trinajstić information content (AvgIpc) is 2.72. The van der Waals surface area contributed by atoms with Gasteiger partial charge in [-0.05, 0) is 62.4 Å². The summed E-state index contributed by atoms with van der Waals surface area (Å²) in [5, 5.41) is 5.89. The molecule has 0 atom stereocenters. The van der Waals surface area contributed by atoms with Crippen LogP contribution in [0.1, 0.15) is 24.2 Å². The van der Waals surface area contributed by atoms with E-state index in [1.165, 1.54) is 12.4 Å². The number of anilines is 3. The molecule has 2 N–H and O–H groups in total. The van der Waals surface area contributed by atoms with E-state index in [1.54, 1.807) is 24.3 Å². The van der Waals surface area contributed by atoms with Crippen LogP contribution >= 0.6 is 0 Å². The predicted octanol–water partition coefficient (Wildman–Crippen LogP) is 4.27. The summed E-state index contributed by atoms with van der Waals surface area (Å²) in [5.41, 5.74) is 1.87. The zero-order valence-corrected chi connectivity index (χ0v) is 15.8. The number of aromatic nitrogens is 2. The first-order valence-electron chi connectivity index (χ1n) is 9.04. The van der Waals surface area contributed by atoms with Gasteiger partial charge in [0.2, 0.25) is 5.95 Å². The summed E-state index contributed by atoms with van der Waals surface area (Å²) in [4.78, 5) is 20.7. The topological polar surface area (TPSA) is 85.4 Å². The summed E-state index contributed by atoms with van der Waals surface area (Å²) < 4.78 is 10.8. The van der Waals surface area contributed by atoms with Crippen molar-refractivity contribution in [3.05, 3.63) is 66.5 Å². The van der Waals surface area contributed by atoms with E-state index in [0.717, 1.165) is 17.2 Å². The molecular weight excluding hydrogens is 356 g/mol. The minimum atomic E-state index is -0.281. The lowest BCUT2D eigenvalue weighted by Gasteiger charge is -2.08. The van der Waals surface area contributed by atoms with E-state index in [0.29, 0.717) is 30.4 Å². The van der Waals surface area contributed by atoms with Crippen molar-refractivity contribution in [1.82, 2.24) is 9.97 Å². The van der Waals surface area contributed by atoms with Gasteiger partial charge < -0.3 is 20.1 Å². The van der Waals surface area contributed by atoms with Crippen molar-refractivity contribution in [2.45, 2.75) is 13.8 Å². The smallest absolute Gasteiger partial charge is 0.258 e. The standard InChI is InChI=1S/C21H22N4O3/c1-3-27-18-9-5-16(6-10-18)24-20(26)15-13-22-21(23-14-15)25-17-7-11-19(12-8-17)28-4-2/h5-14H,3-4H2,1-2H3,(H,24,26)(H,22,23,25). The Kier molecular flexibility index (Phi) is 6.41. The summed E-state index contributed by atoms with van der Waals surface area (Å²) in [6.45, 7) is 5.08. The van der Waals surface area contributed by atoms with Gasteiger partial charge in [-0.25, -0.2) is 9.97 Å². The van der Waals surface area contributed by atoms with Crippen LogP contribution in [0.15, 0.2) is 60.9 Å². The first-order valence-corrected chi connectivity index (χ1v) is 9.04. The van der Waals surface area contributed by atoms with Crippen LogP contribution in [0.5, 0.6) is 11.5 Å². The minimum Gasteiger partial charge on any atom is -0.494 e. The number of benzene rings is 2. The van der Waals surface area contributed by atoms with Gasteiger partial charge in [-0.1, -0.05) is 0 Å². The largest absolute Gasteiger partial charge is 0.494 e. The Balaban J connectivity index is 1.59. The Hall–Kier alpha value is -3.61. The number of nitrogens with zero attached hydrogens (tertiary/aromatic N) is 2. The summed E-state index contributed by atoms with van der Waals surface area (Å²) >= 11 is 0. The summed E-state index contributed by atoms with van der Waals surface area (Å²) in [7, 11) is 0. The van der Waals surface area contributed by atoms with Crippen molar-refractivity contribution in [2.75, 3.05) is 23.8 Å². The molecule has 7 nitrogen and oxygen atoms in total. The van der Waals surface area contributed by atoms with Gasteiger partial charge in [0.1, 0.15) is 11.5 Å². The Bertz CT molecular complexity index is 894. The minimum absolute atomic E-state index is 0.281. The number of rotatable bonds is 8. The van der Waals surface area contributed by atoms with Gasteiger partial charge in [-0.2, -0.15) is 0 Å². The molecule has 0 radical (unpaired) electrons. The second-order valence-corrected chi connectivity index (χ2v) is 5.79. The number of hydrogen-bond donors (Lipinski definition) is 2. The van der Waals surface area contributed by atoms with Gasteiger partial charge in [0.05, 0.1) is 18.8 Å². The third-order valence-electron chi connectivity index (χ3n) is 3.76. The van der Waals surface area contributed by atoms with Crippen molar-refractivity contribution in [3.63, 3.8) is 0 Å². The molecule has 0 fully saturated rings. The maximum absolute atomic E-state index is 12.3. The van der Waals surface area contributed by atoms with Crippen LogP contribution in [0.2, 0.25) is 0 Å². The molecule has 1 amide bonds. The highest BCUT2D eigenvalue weighted by atomic mass is 16.5. The molecule has 144 valence electrons. The molecule has 3 rings (SSSR count). The van der Waals surface area contributed by atoms with E-state index >= 15 is 0 Å². The quantitative estimate of drug-likeness (QED) is 0.609. The van der Waals surface area contributed by atoms with Crippen molar-refractivity contribution >= 4 is 23.2 Å². The zero-order valence-electron chi connectivity index (χ0n) is 15.8. The summed E-state index contributed by atoms with van der Waals surface area (Å²) in [5.74, 6) is 1.68. The van der Waals surface area contributed by atoms with Crippen LogP contribution in [0.3, 0.4) is 0 Å². The highest BCUT2D eigenvalue weighted by Gasteiger charge is 2.08. The van der Waals surface area contributed by atoms with Crippen LogP contribution in [0, 0.1) is 0 Å². The van der Waals surface area contributed by atoms with Crippen LogP contribution < -0.4 is 20.1 Å². The number of nitrogens with one attached hydrogen (secondary N) is 2. The number of carbonyl (C=O) groups excluding carboxylic acids is 1. The third kappa shape index (κ3) is 5.20. The number of carbonyl (C=O) groups is 1. The van der Waals surface area contributed by atoms with E-state index in [1.807, 2.05) is 38.1 Å². The maximum Gasteiger partial charge on any atom is 0.258 e. The van der Waals surface area contributed by atoms with E-state index in [4.69, 9.17) is 9.47 Å². The molecule has 0 unspecified atom stereocenters. The fraction of sp³-hybridized carbons (Fsp3) is 0.190. The lowest BCUT2D eigenvalue weighted by Crippen LogP contribution is -2.13. The predicted molar refractivity (Wildman–Crippen MR) is 108 cm³/mol. The van der Waals surface area contributed by atoms with Crippen molar-refractivity contribution in [3.8, 4) is 11.5 Å². The summed E-state index contributed by atoms with van der Waals surface area (Å²) in [6, 6.07) is 14.7. The first kappa shape index (κ1) is 19.2. The first-order chi connectivity index (χ1) is 13.7. The molecule has 0 aliphatic heterocycles. The Morgan fingerprint density at radius 3 is 1.82 bits per heavy atom. The second kappa shape index (κ2) is 9.36. The number of ether oxygens (including phenoxy) is 2. The summed E-state index contributed by atoms with van der Waals surface area (Å²) in [6.07, 6.45) is 2.96. The fourth-order valence-electron chi connectivity index (χ4n) is 2.44. The van der Waals surface area contributed by atoms with Crippen molar-refractivity contribution in [1.29, 1.82) is 0 Å². The van der Waals surface area contributed by atoms with Gasteiger partial charge in [0, 0.05) is 23.8 Å². The highest BCUT2D eigenvalue weighted by molar-refractivity contribution is 6.03. The highest BCUT2D eigenvalue weighted by Crippen LogP contribution is 2.19. The molecule has 0 bridgehead atoms. The SMILES string of the molecule is CCOc1ccc(NC(=O)c2cnc(Nc3ccc(OCC)cc3)nc2)cc1. The van der Waals surface area contributed by atoms with Crippen LogP contribution in [0.25, 0.3) is 0 Å². The molecule has 1 aromatic heterocycles. The zero-order chi connectivity index (χ0) is 19.8. The molecule has 0 aliphatic carbocycles. The molecule has 7 heteroatoms. The Morgan fingerprint density at radius 1 is 0.821 bits per heavy atom. The van der Waals surface area contributed by atoms with Crippen molar-refractivity contribution < 1.29 is 14.3 Å². The number of hydrogen-bond acceptors (Lipinski definition) is 6. The lowest BCUT2D eigenvalue weighted by atomic mass is 10.2. The van der Waals surface area contributed by atoms with Gasteiger partial charge in [-0.15, -0.1) is 0 Å². The molecule has 2 aromatic carbocycles. The molecular formula is C21H22N4O3. The lowest BCUT2D eigenvalue weighted by molar-refractivity contribution is 0.102. The van der Waals surface area contributed by atoms with Crippen LogP contribution in [0.4, 0.5) is 17.3 Å². The third-order valence-corrected chi connectivity index (χ3v) is 3.76. The van der Waals surface area contributed by atoms with E-state index in [-0.39, 0.29) is 5.91 Å². The number of amides is 1. The second-order valence-electron chi connectivity index (χ2n) is 5.79. The molecule has 0 saturated heterocycles. The monoisotopic (exact) mass is 378 g/mol. The van der Waals surface area contributed by atoms with Crippen LogP contribution in [-0.4, -0.2) is 29.1 Å². The van der Waals surface area contributed by atoms with Gasteiger partial charge in [0.25, 0.3) is 5.91 Å². The fourth-order valence-corrected chi connectivity index (χ4v) is 2.44. The van der Waals surface area contributed by atoms with Gasteiger partial charge in [-0.3, -0.25) is 4.79 Å². The molecule has 0 spiro atoms. The Labute approximate surface area is 163 Å². The van der Waals surface area contributed by atoms with Gasteiger partial charge in [0.15, 0.2) is 0 Å². The molecule has 1 heterocycles.